The van der Waals surface area contributed by atoms with Gasteiger partial charge in [-0.25, -0.2) is 0 Å². The van der Waals surface area contributed by atoms with Crippen LogP contribution in [0.25, 0.3) is 0 Å². The minimum absolute atomic E-state index is 0.541. The van der Waals surface area contributed by atoms with Crippen LogP contribution >= 0.6 is 0 Å². The van der Waals surface area contributed by atoms with E-state index in [2.05, 4.69) is 24.1 Å². The number of hydrogen-bond acceptors (Lipinski definition) is 3. The van der Waals surface area contributed by atoms with Crippen molar-refractivity contribution in [2.45, 2.75) is 45.3 Å². The van der Waals surface area contributed by atoms with Crippen LogP contribution in [0.3, 0.4) is 0 Å². The number of morpholine rings is 1. The lowest BCUT2D eigenvalue weighted by atomic mass is 10.1. The molecule has 3 heteroatoms. The number of nitrogens with one attached hydrogen (secondary N) is 1. The Bertz CT molecular complexity index is 208. The third-order valence-electron chi connectivity index (χ3n) is 3.73. The predicted octanol–water partition coefficient (Wildman–Crippen LogP) is 1.49. The van der Waals surface area contributed by atoms with Crippen LogP contribution in [0.4, 0.5) is 0 Å². The van der Waals surface area contributed by atoms with Crippen molar-refractivity contribution in [3.05, 3.63) is 0 Å². The van der Waals surface area contributed by atoms with Gasteiger partial charge in [-0.05, 0) is 31.7 Å². The molecule has 94 valence electrons. The fourth-order valence-electron chi connectivity index (χ4n) is 2.90. The first kappa shape index (κ1) is 12.3. The topological polar surface area (TPSA) is 24.5 Å². The number of fused-ring (bicyclic) bond motifs is 1. The Labute approximate surface area is 99.5 Å². The second-order valence-corrected chi connectivity index (χ2v) is 5.54. The molecule has 2 rings (SSSR count). The maximum Gasteiger partial charge on any atom is 0.0730 e. The molecule has 0 aromatic heterocycles. The molecular weight excluding hydrogens is 200 g/mol. The Balaban J connectivity index is 1.68. The molecule has 2 fully saturated rings. The third-order valence-corrected chi connectivity index (χ3v) is 3.73. The average Bonchev–Trinajstić information content (AvgIpc) is 2.72. The van der Waals surface area contributed by atoms with Gasteiger partial charge in [0.05, 0.1) is 12.7 Å². The summed E-state index contributed by atoms with van der Waals surface area (Å²) < 4.78 is 5.81. The van der Waals surface area contributed by atoms with Crippen molar-refractivity contribution in [2.75, 3.05) is 32.8 Å². The first-order valence-electron chi connectivity index (χ1n) is 6.83. The quantitative estimate of drug-likeness (QED) is 0.719. The van der Waals surface area contributed by atoms with Gasteiger partial charge in [-0.2, -0.15) is 0 Å². The van der Waals surface area contributed by atoms with E-state index < -0.39 is 0 Å². The summed E-state index contributed by atoms with van der Waals surface area (Å²) in [6.45, 7) is 10.0. The minimum atomic E-state index is 0.541. The van der Waals surface area contributed by atoms with E-state index in [4.69, 9.17) is 4.74 Å². The number of hydrogen-bond donors (Lipinski definition) is 1. The monoisotopic (exact) mass is 226 g/mol. The maximum absolute atomic E-state index is 5.81. The Morgan fingerprint density at radius 1 is 1.38 bits per heavy atom. The van der Waals surface area contributed by atoms with Gasteiger partial charge in [-0.1, -0.05) is 13.8 Å². The van der Waals surface area contributed by atoms with Gasteiger partial charge in [0, 0.05) is 25.7 Å². The highest BCUT2D eigenvalue weighted by Gasteiger charge is 2.35. The van der Waals surface area contributed by atoms with Gasteiger partial charge >= 0.3 is 0 Å². The lowest BCUT2D eigenvalue weighted by Crippen LogP contribution is -2.50. The van der Waals surface area contributed by atoms with E-state index in [-0.39, 0.29) is 0 Å². The van der Waals surface area contributed by atoms with Crippen LogP contribution < -0.4 is 5.32 Å². The number of ether oxygens (including phenoxy) is 1. The van der Waals surface area contributed by atoms with Crippen molar-refractivity contribution in [3.63, 3.8) is 0 Å². The van der Waals surface area contributed by atoms with Gasteiger partial charge < -0.3 is 10.1 Å². The largest absolute Gasteiger partial charge is 0.375 e. The Morgan fingerprint density at radius 3 is 3.06 bits per heavy atom. The average molecular weight is 226 g/mol. The zero-order valence-electron chi connectivity index (χ0n) is 10.7. The molecule has 2 aliphatic rings. The van der Waals surface area contributed by atoms with Gasteiger partial charge in [0.2, 0.25) is 0 Å². The van der Waals surface area contributed by atoms with Crippen molar-refractivity contribution >= 4 is 0 Å². The van der Waals surface area contributed by atoms with Gasteiger partial charge in [-0.15, -0.1) is 0 Å². The molecule has 0 amide bonds. The van der Waals surface area contributed by atoms with Crippen molar-refractivity contribution in [1.82, 2.24) is 10.2 Å². The highest BCUT2D eigenvalue weighted by atomic mass is 16.5. The first-order valence-corrected chi connectivity index (χ1v) is 6.83. The fourth-order valence-corrected chi connectivity index (χ4v) is 2.90. The van der Waals surface area contributed by atoms with Crippen LogP contribution in [0.15, 0.2) is 0 Å². The van der Waals surface area contributed by atoms with E-state index in [0.29, 0.717) is 6.10 Å². The van der Waals surface area contributed by atoms with Crippen LogP contribution in [0, 0.1) is 5.92 Å². The normalized spacial score (nSPS) is 30.9. The summed E-state index contributed by atoms with van der Waals surface area (Å²) >= 11 is 0. The van der Waals surface area contributed by atoms with Crippen LogP contribution in [-0.4, -0.2) is 49.8 Å². The first-order chi connectivity index (χ1) is 7.77. The van der Waals surface area contributed by atoms with E-state index >= 15 is 0 Å². The lowest BCUT2D eigenvalue weighted by molar-refractivity contribution is -0.0548. The maximum atomic E-state index is 5.81. The molecule has 0 aromatic carbocycles. The van der Waals surface area contributed by atoms with Crippen LogP contribution in [0.5, 0.6) is 0 Å². The fraction of sp³-hybridized carbons (Fsp3) is 1.00. The molecule has 0 spiro atoms. The summed E-state index contributed by atoms with van der Waals surface area (Å²) in [4.78, 5) is 2.63. The highest BCUT2D eigenvalue weighted by Crippen LogP contribution is 2.29. The summed E-state index contributed by atoms with van der Waals surface area (Å²) in [5.74, 6) is 0.754. The zero-order valence-corrected chi connectivity index (χ0v) is 10.7. The molecule has 0 bridgehead atoms. The highest BCUT2D eigenvalue weighted by molar-refractivity contribution is 4.89. The van der Waals surface area contributed by atoms with E-state index in [0.717, 1.165) is 38.2 Å². The summed E-state index contributed by atoms with van der Waals surface area (Å²) in [6, 6.07) is 0.717. The molecule has 1 aliphatic carbocycles. The lowest BCUT2D eigenvalue weighted by Gasteiger charge is -2.37. The molecule has 0 radical (unpaired) electrons. The molecule has 0 aromatic rings. The molecule has 1 aliphatic heterocycles. The summed E-state index contributed by atoms with van der Waals surface area (Å²) in [6.07, 6.45) is 4.51. The van der Waals surface area contributed by atoms with Crippen LogP contribution in [0.2, 0.25) is 0 Å². The Morgan fingerprint density at radius 2 is 2.25 bits per heavy atom. The Hall–Kier alpha value is -0.120. The van der Waals surface area contributed by atoms with Crippen molar-refractivity contribution < 1.29 is 4.74 Å². The molecule has 1 saturated carbocycles. The van der Waals surface area contributed by atoms with Crippen LogP contribution in [0.1, 0.15) is 33.1 Å². The molecule has 16 heavy (non-hydrogen) atoms. The van der Waals surface area contributed by atoms with E-state index in [1.165, 1.54) is 25.8 Å². The second-order valence-electron chi connectivity index (χ2n) is 5.54. The van der Waals surface area contributed by atoms with Crippen molar-refractivity contribution in [1.29, 1.82) is 0 Å². The second kappa shape index (κ2) is 5.99. The third kappa shape index (κ3) is 3.19. The summed E-state index contributed by atoms with van der Waals surface area (Å²) in [5.41, 5.74) is 0. The standard InChI is InChI=1S/C13H26N2O/c1-11(2)10-14-6-7-15-8-9-16-13-5-3-4-12(13)15/h11-14H,3-10H2,1-2H3. The van der Waals surface area contributed by atoms with Gasteiger partial charge in [0.1, 0.15) is 0 Å². The molecule has 1 heterocycles. The minimum Gasteiger partial charge on any atom is -0.375 e. The van der Waals surface area contributed by atoms with Gasteiger partial charge in [0.25, 0.3) is 0 Å². The van der Waals surface area contributed by atoms with Crippen molar-refractivity contribution in [3.8, 4) is 0 Å². The van der Waals surface area contributed by atoms with Gasteiger partial charge in [-0.3, -0.25) is 4.90 Å². The van der Waals surface area contributed by atoms with E-state index in [1.807, 2.05) is 0 Å². The summed E-state index contributed by atoms with van der Waals surface area (Å²) in [5, 5.41) is 3.53. The molecule has 3 nitrogen and oxygen atoms in total. The predicted molar refractivity (Wildman–Crippen MR) is 66.7 cm³/mol. The zero-order chi connectivity index (χ0) is 11.4. The smallest absolute Gasteiger partial charge is 0.0730 e. The number of nitrogens with zero attached hydrogens (tertiary/aromatic N) is 1. The van der Waals surface area contributed by atoms with E-state index in [1.54, 1.807) is 0 Å². The summed E-state index contributed by atoms with van der Waals surface area (Å²) in [7, 11) is 0. The molecular formula is C13H26N2O. The van der Waals surface area contributed by atoms with E-state index in [9.17, 15) is 0 Å². The van der Waals surface area contributed by atoms with Crippen LogP contribution in [-0.2, 0) is 4.74 Å². The molecule has 2 unspecified atom stereocenters. The molecule has 2 atom stereocenters. The molecule has 1 saturated heterocycles. The molecule has 1 N–H and O–H groups in total. The van der Waals surface area contributed by atoms with Crippen molar-refractivity contribution in [2.24, 2.45) is 5.92 Å². The number of rotatable bonds is 5. The Kier molecular flexibility index (Phi) is 4.62. The van der Waals surface area contributed by atoms with Gasteiger partial charge in [0.15, 0.2) is 0 Å². The SMILES string of the molecule is CC(C)CNCCN1CCOC2CCCC21.